The molecule has 2 heterocycles. The highest BCUT2D eigenvalue weighted by Crippen LogP contribution is 2.27. The summed E-state index contributed by atoms with van der Waals surface area (Å²) < 4.78 is 40.0. The molecule has 0 saturated carbocycles. The van der Waals surface area contributed by atoms with Gasteiger partial charge >= 0.3 is 12.2 Å². The largest absolute Gasteiger partial charge is 0.433 e. The number of hydrogen-bond donors (Lipinski definition) is 3. The number of aromatic nitrogens is 3. The first-order valence-corrected chi connectivity index (χ1v) is 11.2. The average Bonchev–Trinajstić information content (AvgIpc) is 3.23. The Hall–Kier alpha value is -4.16. The first kappa shape index (κ1) is 26.4. The van der Waals surface area contributed by atoms with E-state index in [1.807, 2.05) is 13.8 Å². The van der Waals surface area contributed by atoms with Crippen molar-refractivity contribution in [2.75, 3.05) is 31.5 Å². The van der Waals surface area contributed by atoms with Crippen LogP contribution in [0.15, 0.2) is 42.6 Å². The number of halogens is 3. The van der Waals surface area contributed by atoms with E-state index in [1.54, 1.807) is 29.3 Å². The highest BCUT2D eigenvalue weighted by Gasteiger charge is 2.33. The first-order chi connectivity index (χ1) is 17.1. The molecule has 0 aliphatic heterocycles. The van der Waals surface area contributed by atoms with Gasteiger partial charge in [-0.25, -0.2) is 9.78 Å². The monoisotopic (exact) mass is 505 g/mol. The van der Waals surface area contributed by atoms with Gasteiger partial charge in [0.15, 0.2) is 0 Å². The first-order valence-electron chi connectivity index (χ1n) is 11.2. The van der Waals surface area contributed by atoms with Gasteiger partial charge in [0, 0.05) is 43.4 Å². The lowest BCUT2D eigenvalue weighted by Crippen LogP contribution is -2.43. The molecule has 0 saturated heterocycles. The zero-order valence-corrected chi connectivity index (χ0v) is 19.7. The molecular weight excluding hydrogens is 479 g/mol. The van der Waals surface area contributed by atoms with E-state index >= 15 is 0 Å². The number of fused-ring (bicyclic) bond motifs is 1. The quantitative estimate of drug-likeness (QED) is 0.386. The van der Waals surface area contributed by atoms with Gasteiger partial charge in [0.25, 0.3) is 5.91 Å². The van der Waals surface area contributed by atoms with Crippen LogP contribution in [0.3, 0.4) is 0 Å². The maximum absolute atomic E-state index is 12.8. The number of benzene rings is 1. The Morgan fingerprint density at radius 3 is 2.44 bits per heavy atom. The topological polar surface area (TPSA) is 121 Å². The number of pyridine rings is 1. The Balaban J connectivity index is 1.55. The van der Waals surface area contributed by atoms with Crippen molar-refractivity contribution in [1.29, 1.82) is 0 Å². The SMILES string of the molecule is CCN(CC)C(=O)NCCNC(=O)Cn1cc2cc(NC(=O)c3cccc(C(F)(F)F)n3)ccc2n1. The Labute approximate surface area is 204 Å². The van der Waals surface area contributed by atoms with Gasteiger partial charge in [-0.05, 0) is 44.2 Å². The molecule has 3 aromatic rings. The van der Waals surface area contributed by atoms with Crippen LogP contribution in [-0.2, 0) is 17.5 Å². The predicted octanol–water partition coefficient (Wildman–Crippen LogP) is 2.87. The molecule has 0 aliphatic carbocycles. The van der Waals surface area contributed by atoms with E-state index in [2.05, 4.69) is 26.0 Å². The zero-order chi connectivity index (χ0) is 26.3. The Bertz CT molecular complexity index is 1240. The number of carbonyl (C=O) groups is 3. The number of amides is 4. The summed E-state index contributed by atoms with van der Waals surface area (Å²) in [5.41, 5.74) is -0.633. The molecule has 36 heavy (non-hydrogen) atoms. The van der Waals surface area contributed by atoms with Crippen LogP contribution in [-0.4, -0.2) is 63.7 Å². The molecule has 13 heteroatoms. The van der Waals surface area contributed by atoms with Crippen LogP contribution in [0.25, 0.3) is 10.9 Å². The molecule has 192 valence electrons. The molecule has 4 amide bonds. The van der Waals surface area contributed by atoms with E-state index in [4.69, 9.17) is 0 Å². The Morgan fingerprint density at radius 2 is 1.75 bits per heavy atom. The summed E-state index contributed by atoms with van der Waals surface area (Å²) in [6.45, 7) is 5.42. The summed E-state index contributed by atoms with van der Waals surface area (Å²) in [7, 11) is 0. The molecule has 10 nitrogen and oxygen atoms in total. The summed E-state index contributed by atoms with van der Waals surface area (Å²) in [4.78, 5) is 41.5. The van der Waals surface area contributed by atoms with Crippen molar-refractivity contribution >= 4 is 34.4 Å². The van der Waals surface area contributed by atoms with Crippen molar-refractivity contribution in [3.63, 3.8) is 0 Å². The van der Waals surface area contributed by atoms with Gasteiger partial charge in [0.05, 0.1) is 5.52 Å². The molecule has 0 atom stereocenters. The van der Waals surface area contributed by atoms with Gasteiger partial charge in [-0.2, -0.15) is 18.3 Å². The smallest absolute Gasteiger partial charge is 0.353 e. The maximum atomic E-state index is 12.8. The summed E-state index contributed by atoms with van der Waals surface area (Å²) in [6.07, 6.45) is -3.05. The van der Waals surface area contributed by atoms with Crippen LogP contribution in [0, 0.1) is 0 Å². The van der Waals surface area contributed by atoms with E-state index in [1.165, 1.54) is 10.7 Å². The van der Waals surface area contributed by atoms with E-state index < -0.39 is 17.8 Å². The Kier molecular flexibility index (Phi) is 8.46. The van der Waals surface area contributed by atoms with Crippen LogP contribution < -0.4 is 16.0 Å². The third-order valence-corrected chi connectivity index (χ3v) is 5.16. The third kappa shape index (κ3) is 6.93. The van der Waals surface area contributed by atoms with Crippen LogP contribution in [0.5, 0.6) is 0 Å². The minimum absolute atomic E-state index is 0.0610. The lowest BCUT2D eigenvalue weighted by molar-refractivity contribution is -0.141. The van der Waals surface area contributed by atoms with Crippen LogP contribution in [0.2, 0.25) is 0 Å². The molecular formula is C23H26F3N7O3. The lowest BCUT2D eigenvalue weighted by atomic mass is 10.2. The summed E-state index contributed by atoms with van der Waals surface area (Å²) >= 11 is 0. The predicted molar refractivity (Wildman–Crippen MR) is 126 cm³/mol. The van der Waals surface area contributed by atoms with Crippen molar-refractivity contribution in [1.82, 2.24) is 30.3 Å². The molecule has 2 aromatic heterocycles. The fourth-order valence-corrected chi connectivity index (χ4v) is 3.35. The molecule has 3 N–H and O–H groups in total. The highest BCUT2D eigenvalue weighted by atomic mass is 19.4. The zero-order valence-electron chi connectivity index (χ0n) is 19.7. The molecule has 1 aromatic carbocycles. The average molecular weight is 506 g/mol. The molecule has 0 radical (unpaired) electrons. The van der Waals surface area contributed by atoms with Crippen LogP contribution in [0.1, 0.15) is 30.0 Å². The number of hydrogen-bond acceptors (Lipinski definition) is 5. The van der Waals surface area contributed by atoms with Gasteiger partial charge in [-0.1, -0.05) is 6.07 Å². The molecule has 0 fully saturated rings. The Morgan fingerprint density at radius 1 is 1.03 bits per heavy atom. The summed E-state index contributed by atoms with van der Waals surface area (Å²) in [6, 6.07) is 7.64. The minimum Gasteiger partial charge on any atom is -0.353 e. The van der Waals surface area contributed by atoms with Gasteiger partial charge < -0.3 is 20.9 Å². The fraction of sp³-hybridized carbons (Fsp3) is 0.348. The van der Waals surface area contributed by atoms with Gasteiger partial charge in [-0.3, -0.25) is 14.3 Å². The minimum atomic E-state index is -4.66. The van der Waals surface area contributed by atoms with Crippen molar-refractivity contribution in [2.45, 2.75) is 26.6 Å². The number of nitrogens with one attached hydrogen (secondary N) is 3. The summed E-state index contributed by atoms with van der Waals surface area (Å²) in [5, 5.41) is 12.9. The number of carbonyl (C=O) groups excluding carboxylic acids is 3. The normalized spacial score (nSPS) is 11.2. The van der Waals surface area contributed by atoms with E-state index in [0.29, 0.717) is 29.7 Å². The van der Waals surface area contributed by atoms with Crippen LogP contribution in [0.4, 0.5) is 23.7 Å². The second-order valence-electron chi connectivity index (χ2n) is 7.71. The molecule has 0 bridgehead atoms. The van der Waals surface area contributed by atoms with Crippen molar-refractivity contribution in [2.24, 2.45) is 0 Å². The van der Waals surface area contributed by atoms with Crippen LogP contribution >= 0.6 is 0 Å². The van der Waals surface area contributed by atoms with Gasteiger partial charge in [-0.15, -0.1) is 0 Å². The van der Waals surface area contributed by atoms with Gasteiger partial charge in [0.1, 0.15) is 17.9 Å². The van der Waals surface area contributed by atoms with Crippen molar-refractivity contribution < 1.29 is 27.6 Å². The molecule has 0 unspecified atom stereocenters. The molecule has 3 rings (SSSR count). The summed E-state index contributed by atoms with van der Waals surface area (Å²) in [5.74, 6) is -1.09. The van der Waals surface area contributed by atoms with Gasteiger partial charge in [0.2, 0.25) is 5.91 Å². The van der Waals surface area contributed by atoms with E-state index in [9.17, 15) is 27.6 Å². The number of alkyl halides is 3. The maximum Gasteiger partial charge on any atom is 0.433 e. The second-order valence-corrected chi connectivity index (χ2v) is 7.71. The number of nitrogens with zero attached hydrogens (tertiary/aromatic N) is 4. The van der Waals surface area contributed by atoms with Crippen molar-refractivity contribution in [3.05, 3.63) is 54.0 Å². The standard InChI is InChI=1S/C23H26F3N7O3/c1-3-32(4-2)22(36)28-11-10-27-20(34)14-33-13-15-12-16(8-9-17(15)31-33)29-21(35)18-6-5-7-19(30-18)23(24,25)26/h5-9,12-13H,3-4,10-11,14H2,1-2H3,(H,27,34)(H,28,36)(H,29,35). The van der Waals surface area contributed by atoms with E-state index in [0.717, 1.165) is 12.1 Å². The second kappa shape index (κ2) is 11.5. The number of urea groups is 1. The number of rotatable bonds is 9. The van der Waals surface area contributed by atoms with Crippen molar-refractivity contribution in [3.8, 4) is 0 Å². The van der Waals surface area contributed by atoms with E-state index in [-0.39, 0.29) is 37.3 Å². The molecule has 0 spiro atoms. The fourth-order valence-electron chi connectivity index (χ4n) is 3.35. The molecule has 0 aliphatic rings. The highest BCUT2D eigenvalue weighted by molar-refractivity contribution is 6.03. The third-order valence-electron chi connectivity index (χ3n) is 5.16. The number of anilines is 1. The lowest BCUT2D eigenvalue weighted by Gasteiger charge is -2.19.